The SMILES string of the molecule is C=C(CCNC(=O)COc1ccc(Cl)cc1)NC(=O)COCc1ccccc1. The largest absolute Gasteiger partial charge is 0.484 e. The Morgan fingerprint density at radius 3 is 2.39 bits per heavy atom. The van der Waals surface area contributed by atoms with E-state index >= 15 is 0 Å². The summed E-state index contributed by atoms with van der Waals surface area (Å²) >= 11 is 5.78. The van der Waals surface area contributed by atoms with E-state index in [1.54, 1.807) is 24.3 Å². The zero-order chi connectivity index (χ0) is 20.2. The van der Waals surface area contributed by atoms with Gasteiger partial charge in [0, 0.05) is 23.7 Å². The smallest absolute Gasteiger partial charge is 0.257 e. The van der Waals surface area contributed by atoms with Crippen LogP contribution in [0.1, 0.15) is 12.0 Å². The van der Waals surface area contributed by atoms with Crippen LogP contribution in [0.15, 0.2) is 66.9 Å². The summed E-state index contributed by atoms with van der Waals surface area (Å²) < 4.78 is 10.7. The number of carbonyl (C=O) groups is 2. The summed E-state index contributed by atoms with van der Waals surface area (Å²) in [5.74, 6) is 0.0188. The molecule has 0 aliphatic heterocycles. The van der Waals surface area contributed by atoms with Crippen molar-refractivity contribution in [1.82, 2.24) is 10.6 Å². The fourth-order valence-corrected chi connectivity index (χ4v) is 2.34. The molecule has 0 atom stereocenters. The van der Waals surface area contributed by atoms with Gasteiger partial charge in [-0.15, -0.1) is 0 Å². The Morgan fingerprint density at radius 2 is 1.68 bits per heavy atom. The average molecular weight is 403 g/mol. The Kier molecular flexibility index (Phi) is 9.04. The van der Waals surface area contributed by atoms with Crippen molar-refractivity contribution in [3.63, 3.8) is 0 Å². The van der Waals surface area contributed by atoms with E-state index in [9.17, 15) is 9.59 Å². The van der Waals surface area contributed by atoms with Crippen molar-refractivity contribution < 1.29 is 19.1 Å². The van der Waals surface area contributed by atoms with Crippen molar-refractivity contribution in [2.45, 2.75) is 13.0 Å². The second kappa shape index (κ2) is 11.8. The number of benzene rings is 2. The highest BCUT2D eigenvalue weighted by atomic mass is 35.5. The Balaban J connectivity index is 1.54. The minimum absolute atomic E-state index is 0.0603. The molecule has 0 fully saturated rings. The van der Waals surface area contributed by atoms with E-state index in [-0.39, 0.29) is 25.0 Å². The Labute approximate surface area is 169 Å². The van der Waals surface area contributed by atoms with Crippen LogP contribution in [0.4, 0.5) is 0 Å². The van der Waals surface area contributed by atoms with Gasteiger partial charge in [0.15, 0.2) is 6.61 Å². The predicted octanol–water partition coefficient (Wildman–Crippen LogP) is 3.07. The highest BCUT2D eigenvalue weighted by Crippen LogP contribution is 2.15. The third-order valence-electron chi connectivity index (χ3n) is 3.59. The number of hydrogen-bond donors (Lipinski definition) is 2. The molecule has 2 aromatic rings. The molecular weight excluding hydrogens is 380 g/mol. The van der Waals surface area contributed by atoms with Crippen molar-refractivity contribution in [1.29, 1.82) is 0 Å². The minimum Gasteiger partial charge on any atom is -0.484 e. The van der Waals surface area contributed by atoms with Gasteiger partial charge in [-0.3, -0.25) is 9.59 Å². The van der Waals surface area contributed by atoms with Gasteiger partial charge in [0.25, 0.3) is 5.91 Å². The van der Waals surface area contributed by atoms with Crippen molar-refractivity contribution in [3.05, 3.63) is 77.5 Å². The third kappa shape index (κ3) is 8.70. The number of nitrogens with one attached hydrogen (secondary N) is 2. The summed E-state index contributed by atoms with van der Waals surface area (Å²) in [4.78, 5) is 23.6. The Hall–Kier alpha value is -2.83. The van der Waals surface area contributed by atoms with Gasteiger partial charge in [-0.2, -0.15) is 0 Å². The van der Waals surface area contributed by atoms with Gasteiger partial charge in [-0.25, -0.2) is 0 Å². The molecule has 0 unspecified atom stereocenters. The maximum absolute atomic E-state index is 11.8. The van der Waals surface area contributed by atoms with Crippen molar-refractivity contribution >= 4 is 23.4 Å². The average Bonchev–Trinajstić information content (AvgIpc) is 2.68. The van der Waals surface area contributed by atoms with E-state index in [4.69, 9.17) is 21.1 Å². The number of carbonyl (C=O) groups excluding carboxylic acids is 2. The van der Waals surface area contributed by atoms with Crippen LogP contribution < -0.4 is 15.4 Å². The quantitative estimate of drug-likeness (QED) is 0.605. The van der Waals surface area contributed by atoms with Crippen LogP contribution in [0.2, 0.25) is 5.02 Å². The lowest BCUT2D eigenvalue weighted by Crippen LogP contribution is -2.32. The monoisotopic (exact) mass is 402 g/mol. The predicted molar refractivity (Wildman–Crippen MR) is 108 cm³/mol. The van der Waals surface area contributed by atoms with Crippen LogP contribution in [-0.4, -0.2) is 31.6 Å². The zero-order valence-electron chi connectivity index (χ0n) is 15.4. The van der Waals surface area contributed by atoms with E-state index in [1.807, 2.05) is 30.3 Å². The Morgan fingerprint density at radius 1 is 0.964 bits per heavy atom. The lowest BCUT2D eigenvalue weighted by atomic mass is 10.2. The maximum atomic E-state index is 11.8. The summed E-state index contributed by atoms with van der Waals surface area (Å²) in [6, 6.07) is 16.3. The van der Waals surface area contributed by atoms with Gasteiger partial charge in [0.1, 0.15) is 12.4 Å². The molecule has 0 bridgehead atoms. The maximum Gasteiger partial charge on any atom is 0.257 e. The molecule has 0 saturated heterocycles. The van der Waals surface area contributed by atoms with Gasteiger partial charge in [0.05, 0.1) is 6.61 Å². The molecule has 0 saturated carbocycles. The van der Waals surface area contributed by atoms with Gasteiger partial charge in [-0.1, -0.05) is 48.5 Å². The fraction of sp³-hybridized carbons (Fsp3) is 0.238. The van der Waals surface area contributed by atoms with Crippen LogP contribution in [0.25, 0.3) is 0 Å². The molecule has 2 amide bonds. The number of halogens is 1. The molecule has 0 heterocycles. The first-order chi connectivity index (χ1) is 13.5. The van der Waals surface area contributed by atoms with E-state index in [1.165, 1.54) is 0 Å². The molecule has 7 heteroatoms. The Bertz CT molecular complexity index is 779. The van der Waals surface area contributed by atoms with E-state index in [0.717, 1.165) is 5.56 Å². The lowest BCUT2D eigenvalue weighted by Gasteiger charge is -2.10. The molecule has 28 heavy (non-hydrogen) atoms. The van der Waals surface area contributed by atoms with Gasteiger partial charge >= 0.3 is 0 Å². The highest BCUT2D eigenvalue weighted by molar-refractivity contribution is 6.30. The van der Waals surface area contributed by atoms with E-state index < -0.39 is 0 Å². The normalized spacial score (nSPS) is 10.2. The number of rotatable bonds is 11. The second-order valence-corrected chi connectivity index (χ2v) is 6.41. The van der Waals surface area contributed by atoms with Crippen molar-refractivity contribution in [3.8, 4) is 5.75 Å². The molecule has 2 rings (SSSR count). The van der Waals surface area contributed by atoms with Gasteiger partial charge < -0.3 is 20.1 Å². The molecular formula is C21H23ClN2O4. The van der Waals surface area contributed by atoms with E-state index in [0.29, 0.717) is 36.0 Å². The first kappa shape index (κ1) is 21.5. The van der Waals surface area contributed by atoms with Crippen LogP contribution in [0, 0.1) is 0 Å². The van der Waals surface area contributed by atoms with Crippen molar-refractivity contribution in [2.24, 2.45) is 0 Å². The molecule has 0 aliphatic carbocycles. The second-order valence-electron chi connectivity index (χ2n) is 5.97. The lowest BCUT2D eigenvalue weighted by molar-refractivity contribution is -0.125. The van der Waals surface area contributed by atoms with Crippen LogP contribution >= 0.6 is 11.6 Å². The zero-order valence-corrected chi connectivity index (χ0v) is 16.2. The number of ether oxygens (including phenoxy) is 2. The van der Waals surface area contributed by atoms with Crippen LogP contribution in [-0.2, 0) is 20.9 Å². The molecule has 0 aliphatic rings. The first-order valence-electron chi connectivity index (χ1n) is 8.77. The number of hydrogen-bond acceptors (Lipinski definition) is 4. The van der Waals surface area contributed by atoms with Crippen LogP contribution in [0.3, 0.4) is 0 Å². The molecule has 2 aromatic carbocycles. The highest BCUT2D eigenvalue weighted by Gasteiger charge is 2.06. The third-order valence-corrected chi connectivity index (χ3v) is 3.85. The molecule has 2 N–H and O–H groups in total. The minimum atomic E-state index is -0.279. The van der Waals surface area contributed by atoms with Crippen LogP contribution in [0.5, 0.6) is 5.75 Å². The molecule has 0 radical (unpaired) electrons. The van der Waals surface area contributed by atoms with Gasteiger partial charge in [0.2, 0.25) is 5.91 Å². The van der Waals surface area contributed by atoms with E-state index in [2.05, 4.69) is 17.2 Å². The topological polar surface area (TPSA) is 76.7 Å². The first-order valence-corrected chi connectivity index (χ1v) is 9.15. The summed E-state index contributed by atoms with van der Waals surface area (Å²) in [6.07, 6.45) is 0.414. The number of amides is 2. The molecule has 0 spiro atoms. The van der Waals surface area contributed by atoms with Crippen molar-refractivity contribution in [2.75, 3.05) is 19.8 Å². The molecule has 0 aromatic heterocycles. The molecule has 148 valence electrons. The molecule has 6 nitrogen and oxygen atoms in total. The fourth-order valence-electron chi connectivity index (χ4n) is 2.22. The summed E-state index contributed by atoms with van der Waals surface area (Å²) in [7, 11) is 0. The summed E-state index contributed by atoms with van der Waals surface area (Å²) in [6.45, 7) is 4.32. The summed E-state index contributed by atoms with van der Waals surface area (Å²) in [5, 5.41) is 5.95. The standard InChI is InChI=1S/C21H23ClN2O4/c1-16(24-21(26)14-27-13-17-5-3-2-4-6-17)11-12-23-20(25)15-28-19-9-7-18(22)8-10-19/h2-10H,1,11-15H2,(H,23,25)(H,24,26). The van der Waals surface area contributed by atoms with Gasteiger partial charge in [-0.05, 0) is 29.8 Å². The summed E-state index contributed by atoms with van der Waals surface area (Å²) in [5.41, 5.74) is 1.50.